The normalized spacial score (nSPS) is 16.1. The molecule has 0 saturated heterocycles. The Morgan fingerprint density at radius 2 is 1.75 bits per heavy atom. The van der Waals surface area contributed by atoms with Crippen LogP contribution in [0.25, 0.3) is 0 Å². The highest BCUT2D eigenvalue weighted by Gasteiger charge is 2.32. The van der Waals surface area contributed by atoms with Crippen molar-refractivity contribution in [2.24, 2.45) is 0 Å². The van der Waals surface area contributed by atoms with E-state index in [1.54, 1.807) is 0 Å². The van der Waals surface area contributed by atoms with Crippen molar-refractivity contribution in [1.82, 2.24) is 9.47 Å². The van der Waals surface area contributed by atoms with Crippen molar-refractivity contribution in [3.8, 4) is 0 Å². The Kier molecular flexibility index (Phi) is 5.34. The Morgan fingerprint density at radius 1 is 1.00 bits per heavy atom. The van der Waals surface area contributed by atoms with Gasteiger partial charge in [0.2, 0.25) is 0 Å². The van der Waals surface area contributed by atoms with Gasteiger partial charge in [0.15, 0.2) is 0 Å². The number of nitrogens with zero attached hydrogens (tertiary/aromatic N) is 2. The van der Waals surface area contributed by atoms with Gasteiger partial charge < -0.3 is 9.47 Å². The third kappa shape index (κ3) is 3.62. The second kappa shape index (κ2) is 8.05. The lowest BCUT2D eigenvalue weighted by Gasteiger charge is -2.37. The number of fused-ring (bicyclic) bond motifs is 1. The summed E-state index contributed by atoms with van der Waals surface area (Å²) < 4.78 is 2.27. The summed E-state index contributed by atoms with van der Waals surface area (Å²) in [6.45, 7) is 5.85. The minimum absolute atomic E-state index is 0.0448. The number of aromatic nitrogens is 1. The fraction of sp³-hybridized carbons (Fsp3) is 0.320. The number of aryl methyl sites for hydroxylation is 2. The molecule has 144 valence electrons. The summed E-state index contributed by atoms with van der Waals surface area (Å²) in [6.07, 6.45) is 5.56. The summed E-state index contributed by atoms with van der Waals surface area (Å²) in [5.74, 6) is 0.111. The second-order valence-corrected chi connectivity index (χ2v) is 7.74. The monoisotopic (exact) mass is 372 g/mol. The Labute approximate surface area is 167 Å². The summed E-state index contributed by atoms with van der Waals surface area (Å²) in [6, 6.07) is 20.9. The van der Waals surface area contributed by atoms with Gasteiger partial charge in [-0.1, -0.05) is 55.3 Å². The number of amides is 1. The molecule has 3 heteroatoms. The number of hydrogen-bond acceptors (Lipinski definition) is 1. The molecule has 0 saturated carbocycles. The molecule has 3 aromatic rings. The van der Waals surface area contributed by atoms with Gasteiger partial charge in [-0.05, 0) is 55.2 Å². The van der Waals surface area contributed by atoms with Crippen molar-refractivity contribution in [2.75, 3.05) is 6.54 Å². The van der Waals surface area contributed by atoms with Crippen LogP contribution in [0.2, 0.25) is 0 Å². The maximum absolute atomic E-state index is 13.4. The molecule has 2 heterocycles. The van der Waals surface area contributed by atoms with Crippen LogP contribution in [0.3, 0.4) is 0 Å². The minimum Gasteiger partial charge on any atom is -0.348 e. The first-order valence-electron chi connectivity index (χ1n) is 10.3. The van der Waals surface area contributed by atoms with E-state index in [9.17, 15) is 4.79 Å². The first-order valence-corrected chi connectivity index (χ1v) is 10.3. The van der Waals surface area contributed by atoms with Gasteiger partial charge >= 0.3 is 0 Å². The Hall–Kier alpha value is -2.81. The molecular weight excluding hydrogens is 344 g/mol. The summed E-state index contributed by atoms with van der Waals surface area (Å²) >= 11 is 0. The van der Waals surface area contributed by atoms with Crippen LogP contribution in [0.5, 0.6) is 0 Å². The van der Waals surface area contributed by atoms with Crippen LogP contribution >= 0.6 is 0 Å². The largest absolute Gasteiger partial charge is 0.348 e. The molecular formula is C25H28N2O. The highest BCUT2D eigenvalue weighted by molar-refractivity contribution is 5.94. The average molecular weight is 373 g/mol. The molecule has 28 heavy (non-hydrogen) atoms. The molecule has 0 radical (unpaired) electrons. The molecule has 0 fully saturated rings. The smallest absolute Gasteiger partial charge is 0.254 e. The number of rotatable bonds is 5. The highest BCUT2D eigenvalue weighted by atomic mass is 16.2. The lowest BCUT2D eigenvalue weighted by atomic mass is 9.97. The van der Waals surface area contributed by atoms with Crippen molar-refractivity contribution >= 4 is 5.91 Å². The molecule has 1 aliphatic heterocycles. The van der Waals surface area contributed by atoms with Gasteiger partial charge in [0.1, 0.15) is 0 Å². The first-order chi connectivity index (χ1) is 13.7. The SMILES string of the molecule is CCCCc1ccc(C(=O)N2CCn3cccc3C2c2ccc(C)cc2)cc1. The summed E-state index contributed by atoms with van der Waals surface area (Å²) in [5.41, 5.74) is 5.66. The number of unbranched alkanes of at least 4 members (excludes halogenated alkanes) is 1. The third-order valence-electron chi connectivity index (χ3n) is 5.71. The van der Waals surface area contributed by atoms with Crippen molar-refractivity contribution in [2.45, 2.75) is 45.7 Å². The molecule has 3 nitrogen and oxygen atoms in total. The van der Waals surface area contributed by atoms with Crippen LogP contribution in [0.1, 0.15) is 58.5 Å². The van der Waals surface area contributed by atoms with E-state index in [0.717, 1.165) is 30.6 Å². The summed E-state index contributed by atoms with van der Waals surface area (Å²) in [4.78, 5) is 15.5. The van der Waals surface area contributed by atoms with Gasteiger partial charge in [0.25, 0.3) is 5.91 Å². The van der Waals surface area contributed by atoms with Crippen molar-refractivity contribution in [3.05, 3.63) is 94.8 Å². The Bertz CT molecular complexity index is 937. The number of carbonyl (C=O) groups excluding carboxylic acids is 1. The van der Waals surface area contributed by atoms with E-state index in [4.69, 9.17) is 0 Å². The van der Waals surface area contributed by atoms with E-state index in [2.05, 4.69) is 73.1 Å². The van der Waals surface area contributed by atoms with E-state index >= 15 is 0 Å². The number of hydrogen-bond donors (Lipinski definition) is 0. The Morgan fingerprint density at radius 3 is 2.46 bits per heavy atom. The third-order valence-corrected chi connectivity index (χ3v) is 5.71. The maximum atomic E-state index is 13.4. The van der Waals surface area contributed by atoms with Gasteiger partial charge in [0, 0.05) is 30.5 Å². The lowest BCUT2D eigenvalue weighted by Crippen LogP contribution is -2.42. The molecule has 0 N–H and O–H groups in total. The molecule has 2 aromatic carbocycles. The molecule has 0 bridgehead atoms. The van der Waals surface area contributed by atoms with Crippen LogP contribution < -0.4 is 0 Å². The molecule has 1 atom stereocenters. The van der Waals surface area contributed by atoms with Crippen LogP contribution in [-0.4, -0.2) is 21.9 Å². The lowest BCUT2D eigenvalue weighted by molar-refractivity contribution is 0.0664. The van der Waals surface area contributed by atoms with E-state index < -0.39 is 0 Å². The van der Waals surface area contributed by atoms with E-state index in [1.165, 1.54) is 29.7 Å². The van der Waals surface area contributed by atoms with Crippen molar-refractivity contribution in [3.63, 3.8) is 0 Å². The van der Waals surface area contributed by atoms with Crippen LogP contribution in [-0.2, 0) is 13.0 Å². The maximum Gasteiger partial charge on any atom is 0.254 e. The number of carbonyl (C=O) groups is 1. The second-order valence-electron chi connectivity index (χ2n) is 7.74. The average Bonchev–Trinajstić information content (AvgIpc) is 3.21. The quantitative estimate of drug-likeness (QED) is 0.590. The predicted molar refractivity (Wildman–Crippen MR) is 114 cm³/mol. The molecule has 1 aromatic heterocycles. The fourth-order valence-electron chi connectivity index (χ4n) is 4.06. The Balaban J connectivity index is 1.65. The van der Waals surface area contributed by atoms with Gasteiger partial charge in [0.05, 0.1) is 6.04 Å². The predicted octanol–water partition coefficient (Wildman–Crippen LogP) is 5.38. The van der Waals surface area contributed by atoms with E-state index in [0.29, 0.717) is 0 Å². The van der Waals surface area contributed by atoms with E-state index in [1.807, 2.05) is 17.0 Å². The van der Waals surface area contributed by atoms with Crippen LogP contribution in [0.4, 0.5) is 0 Å². The minimum atomic E-state index is -0.0448. The van der Waals surface area contributed by atoms with Gasteiger partial charge in [-0.25, -0.2) is 0 Å². The van der Waals surface area contributed by atoms with Crippen LogP contribution in [0, 0.1) is 6.92 Å². The van der Waals surface area contributed by atoms with Gasteiger partial charge in [-0.2, -0.15) is 0 Å². The molecule has 0 spiro atoms. The van der Waals surface area contributed by atoms with Crippen molar-refractivity contribution < 1.29 is 4.79 Å². The molecule has 4 rings (SSSR count). The zero-order chi connectivity index (χ0) is 19.5. The fourth-order valence-corrected chi connectivity index (χ4v) is 4.06. The zero-order valence-electron chi connectivity index (χ0n) is 16.8. The molecule has 0 aliphatic carbocycles. The molecule has 1 unspecified atom stereocenters. The van der Waals surface area contributed by atoms with Crippen LogP contribution in [0.15, 0.2) is 66.9 Å². The highest BCUT2D eigenvalue weighted by Crippen LogP contribution is 2.33. The topological polar surface area (TPSA) is 25.2 Å². The first kappa shape index (κ1) is 18.5. The molecule has 1 aliphatic rings. The van der Waals surface area contributed by atoms with Gasteiger partial charge in [-0.15, -0.1) is 0 Å². The number of benzene rings is 2. The van der Waals surface area contributed by atoms with Gasteiger partial charge in [-0.3, -0.25) is 4.79 Å². The zero-order valence-corrected chi connectivity index (χ0v) is 16.8. The molecule has 1 amide bonds. The summed E-state index contributed by atoms with van der Waals surface area (Å²) in [7, 11) is 0. The van der Waals surface area contributed by atoms with E-state index in [-0.39, 0.29) is 11.9 Å². The standard InChI is InChI=1S/C25H28N2O/c1-3-4-6-20-10-14-22(15-11-20)25(28)27-18-17-26-16-5-7-23(26)24(27)21-12-8-19(2)9-13-21/h5,7-16,24H,3-4,6,17-18H2,1-2H3. The summed E-state index contributed by atoms with van der Waals surface area (Å²) in [5, 5.41) is 0. The van der Waals surface area contributed by atoms with Crippen molar-refractivity contribution in [1.29, 1.82) is 0 Å².